The molecule has 1 aromatic carbocycles. The molecule has 0 unspecified atom stereocenters. The van der Waals surface area contributed by atoms with E-state index in [-0.39, 0.29) is 12.4 Å². The minimum atomic E-state index is 0. The van der Waals surface area contributed by atoms with Crippen LogP contribution in [0.25, 0.3) is 10.9 Å². The summed E-state index contributed by atoms with van der Waals surface area (Å²) in [5, 5.41) is 1.14. The number of nitrogens with two attached hydrogens (primary N) is 1. The van der Waals surface area contributed by atoms with Gasteiger partial charge in [-0.3, -0.25) is 0 Å². The molecule has 17 heavy (non-hydrogen) atoms. The fourth-order valence-electron chi connectivity index (χ4n) is 1.87. The van der Waals surface area contributed by atoms with E-state index >= 15 is 0 Å². The smallest absolute Gasteiger partial charge is 0.162 e. The summed E-state index contributed by atoms with van der Waals surface area (Å²) in [4.78, 5) is 3.21. The van der Waals surface area contributed by atoms with Crippen LogP contribution in [0.15, 0.2) is 18.3 Å². The SMILES string of the molecule is COc1cc2[nH]cc(CCN)c2cc1OC.Cl. The van der Waals surface area contributed by atoms with Crippen LogP contribution in [0.2, 0.25) is 0 Å². The third-order valence-electron chi connectivity index (χ3n) is 2.69. The molecule has 0 spiro atoms. The second kappa shape index (κ2) is 5.80. The van der Waals surface area contributed by atoms with Crippen LogP contribution in [-0.2, 0) is 6.42 Å². The first kappa shape index (κ1) is 13.7. The average Bonchev–Trinajstić information content (AvgIpc) is 2.70. The highest BCUT2D eigenvalue weighted by Gasteiger charge is 2.09. The molecule has 0 amide bonds. The summed E-state index contributed by atoms with van der Waals surface area (Å²) in [7, 11) is 3.27. The van der Waals surface area contributed by atoms with Crippen molar-refractivity contribution in [1.29, 1.82) is 0 Å². The maximum absolute atomic E-state index is 5.57. The Kier molecular flexibility index (Phi) is 4.66. The summed E-state index contributed by atoms with van der Waals surface area (Å²) < 4.78 is 10.5. The molecule has 0 atom stereocenters. The molecule has 5 heteroatoms. The lowest BCUT2D eigenvalue weighted by Crippen LogP contribution is -2.01. The number of ether oxygens (including phenoxy) is 2. The van der Waals surface area contributed by atoms with Gasteiger partial charge in [-0.05, 0) is 24.6 Å². The quantitative estimate of drug-likeness (QED) is 0.881. The Morgan fingerprint density at radius 3 is 2.41 bits per heavy atom. The molecule has 4 nitrogen and oxygen atoms in total. The molecule has 3 N–H and O–H groups in total. The number of halogens is 1. The van der Waals surface area contributed by atoms with Crippen molar-refractivity contribution < 1.29 is 9.47 Å². The van der Waals surface area contributed by atoms with Crippen molar-refractivity contribution in [3.8, 4) is 11.5 Å². The van der Waals surface area contributed by atoms with Crippen molar-refractivity contribution in [1.82, 2.24) is 4.98 Å². The zero-order chi connectivity index (χ0) is 11.5. The lowest BCUT2D eigenvalue weighted by atomic mass is 10.1. The lowest BCUT2D eigenvalue weighted by Gasteiger charge is -2.07. The highest BCUT2D eigenvalue weighted by molar-refractivity contribution is 5.86. The minimum absolute atomic E-state index is 0. The summed E-state index contributed by atoms with van der Waals surface area (Å²) in [6, 6.07) is 3.92. The predicted octanol–water partition coefficient (Wildman–Crippen LogP) is 2.11. The minimum Gasteiger partial charge on any atom is -0.493 e. The van der Waals surface area contributed by atoms with E-state index in [9.17, 15) is 0 Å². The van der Waals surface area contributed by atoms with Gasteiger partial charge in [0.2, 0.25) is 0 Å². The van der Waals surface area contributed by atoms with Crippen LogP contribution >= 0.6 is 12.4 Å². The second-order valence-corrected chi connectivity index (χ2v) is 3.61. The molecule has 0 fully saturated rings. The average molecular weight is 257 g/mol. The molecule has 0 saturated carbocycles. The first-order chi connectivity index (χ1) is 7.80. The molecule has 0 aliphatic heterocycles. The number of H-pyrrole nitrogens is 1. The van der Waals surface area contributed by atoms with Gasteiger partial charge in [-0.25, -0.2) is 0 Å². The largest absolute Gasteiger partial charge is 0.493 e. The summed E-state index contributed by atoms with van der Waals surface area (Å²) >= 11 is 0. The number of aromatic amines is 1. The Labute approximate surface area is 107 Å². The highest BCUT2D eigenvalue weighted by atomic mass is 35.5. The van der Waals surface area contributed by atoms with Crippen LogP contribution in [0.4, 0.5) is 0 Å². The Balaban J connectivity index is 0.00000144. The number of methoxy groups -OCH3 is 2. The number of aromatic nitrogens is 1. The molecule has 94 valence electrons. The van der Waals surface area contributed by atoms with E-state index in [1.807, 2.05) is 18.3 Å². The second-order valence-electron chi connectivity index (χ2n) is 3.61. The Hall–Kier alpha value is -1.39. The van der Waals surface area contributed by atoms with Crippen molar-refractivity contribution in [2.24, 2.45) is 5.73 Å². The van der Waals surface area contributed by atoms with Crippen molar-refractivity contribution in [2.45, 2.75) is 6.42 Å². The van der Waals surface area contributed by atoms with Gasteiger partial charge in [-0.15, -0.1) is 12.4 Å². The van der Waals surface area contributed by atoms with Crippen molar-refractivity contribution >= 4 is 23.3 Å². The molecule has 0 radical (unpaired) electrons. The van der Waals surface area contributed by atoms with Gasteiger partial charge in [0.1, 0.15) is 0 Å². The van der Waals surface area contributed by atoms with E-state index in [1.54, 1.807) is 14.2 Å². The molecule has 2 rings (SSSR count). The lowest BCUT2D eigenvalue weighted by molar-refractivity contribution is 0.356. The first-order valence-corrected chi connectivity index (χ1v) is 5.22. The van der Waals surface area contributed by atoms with Crippen LogP contribution in [0.3, 0.4) is 0 Å². The van der Waals surface area contributed by atoms with E-state index in [0.717, 1.165) is 28.8 Å². The van der Waals surface area contributed by atoms with Crippen molar-refractivity contribution in [3.05, 3.63) is 23.9 Å². The van der Waals surface area contributed by atoms with Crippen LogP contribution in [0.1, 0.15) is 5.56 Å². The van der Waals surface area contributed by atoms with Gasteiger partial charge < -0.3 is 20.2 Å². The molecule has 0 saturated heterocycles. The number of benzene rings is 1. The molecular formula is C12H17ClN2O2. The topological polar surface area (TPSA) is 60.3 Å². The Morgan fingerprint density at radius 1 is 1.18 bits per heavy atom. The van der Waals surface area contributed by atoms with Crippen LogP contribution in [-0.4, -0.2) is 25.7 Å². The van der Waals surface area contributed by atoms with Crippen molar-refractivity contribution in [2.75, 3.05) is 20.8 Å². The van der Waals surface area contributed by atoms with Gasteiger partial charge >= 0.3 is 0 Å². The molecule has 1 heterocycles. The zero-order valence-corrected chi connectivity index (χ0v) is 10.8. The van der Waals surface area contributed by atoms with E-state index in [0.29, 0.717) is 6.54 Å². The van der Waals surface area contributed by atoms with E-state index in [4.69, 9.17) is 15.2 Å². The van der Waals surface area contributed by atoms with Gasteiger partial charge in [0.15, 0.2) is 11.5 Å². The molecule has 0 aliphatic carbocycles. The van der Waals surface area contributed by atoms with Crippen molar-refractivity contribution in [3.63, 3.8) is 0 Å². The summed E-state index contributed by atoms with van der Waals surface area (Å²) in [5.41, 5.74) is 7.82. The first-order valence-electron chi connectivity index (χ1n) is 5.22. The summed E-state index contributed by atoms with van der Waals surface area (Å²) in [6.45, 7) is 0.640. The van der Waals surface area contributed by atoms with Crippen LogP contribution in [0, 0.1) is 0 Å². The van der Waals surface area contributed by atoms with Crippen LogP contribution in [0.5, 0.6) is 11.5 Å². The standard InChI is InChI=1S/C12H16N2O2.ClH/c1-15-11-5-9-8(3-4-13)7-14-10(9)6-12(11)16-2;/h5-7,14H,3-4,13H2,1-2H3;1H. The molecule has 0 bridgehead atoms. The maximum atomic E-state index is 5.57. The molecule has 2 aromatic rings. The molecule has 1 aromatic heterocycles. The number of hydrogen-bond donors (Lipinski definition) is 2. The van der Waals surface area contributed by atoms with Gasteiger partial charge in [0, 0.05) is 23.2 Å². The Bertz CT molecular complexity index is 496. The third kappa shape index (κ3) is 2.48. The number of hydrogen-bond acceptors (Lipinski definition) is 3. The van der Waals surface area contributed by atoms with Crippen LogP contribution < -0.4 is 15.2 Å². The van der Waals surface area contributed by atoms with Gasteiger partial charge in [-0.2, -0.15) is 0 Å². The Morgan fingerprint density at radius 2 is 1.82 bits per heavy atom. The zero-order valence-electron chi connectivity index (χ0n) is 9.95. The summed E-state index contributed by atoms with van der Waals surface area (Å²) in [6.07, 6.45) is 2.84. The van der Waals surface area contributed by atoms with E-state index in [2.05, 4.69) is 4.98 Å². The monoisotopic (exact) mass is 256 g/mol. The van der Waals surface area contributed by atoms with Gasteiger partial charge in [-0.1, -0.05) is 0 Å². The van der Waals surface area contributed by atoms with E-state index in [1.165, 1.54) is 5.56 Å². The fourth-order valence-corrected chi connectivity index (χ4v) is 1.87. The number of fused-ring (bicyclic) bond motifs is 1. The number of nitrogens with one attached hydrogen (secondary N) is 1. The third-order valence-corrected chi connectivity index (χ3v) is 2.69. The van der Waals surface area contributed by atoms with Gasteiger partial charge in [0.25, 0.3) is 0 Å². The fraction of sp³-hybridized carbons (Fsp3) is 0.333. The van der Waals surface area contributed by atoms with E-state index < -0.39 is 0 Å². The number of rotatable bonds is 4. The summed E-state index contributed by atoms with van der Waals surface area (Å²) in [5.74, 6) is 1.48. The van der Waals surface area contributed by atoms with Gasteiger partial charge in [0.05, 0.1) is 14.2 Å². The highest BCUT2D eigenvalue weighted by Crippen LogP contribution is 2.33. The predicted molar refractivity (Wildman–Crippen MR) is 71.4 cm³/mol. The molecular weight excluding hydrogens is 240 g/mol. The maximum Gasteiger partial charge on any atom is 0.162 e. The normalized spacial score (nSPS) is 10.1. The molecule has 0 aliphatic rings.